The normalized spacial score (nSPS) is 11.5. The maximum Gasteiger partial charge on any atom is 0.0467 e. The van der Waals surface area contributed by atoms with E-state index in [9.17, 15) is 0 Å². The van der Waals surface area contributed by atoms with Crippen molar-refractivity contribution in [1.29, 1.82) is 0 Å². The van der Waals surface area contributed by atoms with Gasteiger partial charge in [-0.25, -0.2) is 0 Å². The lowest BCUT2D eigenvalue weighted by Crippen LogP contribution is -2.10. The molecule has 11 aromatic rings. The average Bonchev–Trinajstić information content (AvgIpc) is 3.86. The SMILES string of the molecule is c1ccc(-c2ccc(N(c3ccc(-c4ccccc4)cc3)c3cccc(-c4cccc(-c5cccc6c5sc5c6ccc6sc7ccccc7c65)c4)c3)cc2)cc1. The molecular weight excluding hydrogens is 727 g/mol. The highest BCUT2D eigenvalue weighted by Crippen LogP contribution is 2.47. The van der Waals surface area contributed by atoms with Crippen molar-refractivity contribution in [2.24, 2.45) is 0 Å². The Morgan fingerprint density at radius 2 is 0.807 bits per heavy atom. The van der Waals surface area contributed by atoms with E-state index >= 15 is 0 Å². The summed E-state index contributed by atoms with van der Waals surface area (Å²) in [4.78, 5) is 2.36. The average molecular weight is 762 g/mol. The van der Waals surface area contributed by atoms with Crippen molar-refractivity contribution in [2.45, 2.75) is 0 Å². The maximum absolute atomic E-state index is 2.36. The fourth-order valence-electron chi connectivity index (χ4n) is 8.30. The highest BCUT2D eigenvalue weighted by molar-refractivity contribution is 7.30. The Hall–Kier alpha value is -6.78. The second-order valence-electron chi connectivity index (χ2n) is 14.5. The molecule has 57 heavy (non-hydrogen) atoms. The predicted molar refractivity (Wildman–Crippen MR) is 249 cm³/mol. The van der Waals surface area contributed by atoms with E-state index in [4.69, 9.17) is 0 Å². The molecule has 11 rings (SSSR count). The van der Waals surface area contributed by atoms with Crippen LogP contribution in [0.15, 0.2) is 212 Å². The first-order chi connectivity index (χ1) is 28.2. The molecule has 0 atom stereocenters. The van der Waals surface area contributed by atoms with Crippen molar-refractivity contribution < 1.29 is 0 Å². The van der Waals surface area contributed by atoms with Crippen LogP contribution in [-0.4, -0.2) is 0 Å². The summed E-state index contributed by atoms with van der Waals surface area (Å²) in [5, 5.41) is 5.40. The molecule has 0 aliphatic heterocycles. The molecule has 9 aromatic carbocycles. The number of hydrogen-bond donors (Lipinski definition) is 0. The fourth-order valence-corrected chi connectivity index (χ4v) is 10.9. The monoisotopic (exact) mass is 761 g/mol. The van der Waals surface area contributed by atoms with E-state index in [-0.39, 0.29) is 0 Å². The molecule has 3 heteroatoms. The largest absolute Gasteiger partial charge is 0.310 e. The summed E-state index contributed by atoms with van der Waals surface area (Å²) in [7, 11) is 0. The van der Waals surface area contributed by atoms with Gasteiger partial charge in [-0.1, -0.05) is 158 Å². The minimum Gasteiger partial charge on any atom is -0.310 e. The minimum absolute atomic E-state index is 1.11. The summed E-state index contributed by atoms with van der Waals surface area (Å²) in [6.07, 6.45) is 0. The standard InChI is InChI=1S/C54H35NS2/c1-3-12-36(13-4-1)38-24-28-43(29-25-38)55(44-30-26-39(27-31-44)37-14-5-2-6-15-37)45-19-10-17-41(35-45)40-16-9-18-42(34-40)46-21-11-22-47-48-32-33-51-52(54(48)57-53(46)47)49-20-7-8-23-50(49)56-51/h1-35H. The van der Waals surface area contributed by atoms with Crippen molar-refractivity contribution in [3.63, 3.8) is 0 Å². The van der Waals surface area contributed by atoms with Gasteiger partial charge in [-0.2, -0.15) is 0 Å². The molecule has 0 amide bonds. The molecule has 2 heterocycles. The van der Waals surface area contributed by atoms with Gasteiger partial charge in [0, 0.05) is 57.4 Å². The van der Waals surface area contributed by atoms with Gasteiger partial charge in [0.15, 0.2) is 0 Å². The molecular formula is C54H35NS2. The van der Waals surface area contributed by atoms with Crippen LogP contribution in [0.1, 0.15) is 0 Å². The third-order valence-corrected chi connectivity index (χ3v) is 13.5. The molecule has 0 saturated heterocycles. The fraction of sp³-hybridized carbons (Fsp3) is 0. The maximum atomic E-state index is 2.36. The Morgan fingerprint density at radius 3 is 1.51 bits per heavy atom. The predicted octanol–water partition coefficient (Wildman–Crippen LogP) is 16.6. The second-order valence-corrected chi connectivity index (χ2v) is 16.6. The van der Waals surface area contributed by atoms with E-state index in [2.05, 4.69) is 217 Å². The van der Waals surface area contributed by atoms with Gasteiger partial charge in [0.25, 0.3) is 0 Å². The number of fused-ring (bicyclic) bond motifs is 7. The highest BCUT2D eigenvalue weighted by atomic mass is 32.1. The van der Waals surface area contributed by atoms with Crippen LogP contribution in [0.4, 0.5) is 17.1 Å². The topological polar surface area (TPSA) is 3.24 Å². The quantitative estimate of drug-likeness (QED) is 0.156. The van der Waals surface area contributed by atoms with E-state index < -0.39 is 0 Å². The summed E-state index contributed by atoms with van der Waals surface area (Å²) in [6.45, 7) is 0. The number of nitrogens with zero attached hydrogens (tertiary/aromatic N) is 1. The lowest BCUT2D eigenvalue weighted by atomic mass is 9.97. The van der Waals surface area contributed by atoms with Crippen LogP contribution in [-0.2, 0) is 0 Å². The lowest BCUT2D eigenvalue weighted by Gasteiger charge is -2.26. The molecule has 0 fully saturated rings. The number of anilines is 3. The Morgan fingerprint density at radius 1 is 0.281 bits per heavy atom. The summed E-state index contributed by atoms with van der Waals surface area (Å²) in [5.41, 5.74) is 13.0. The Balaban J connectivity index is 0.999. The van der Waals surface area contributed by atoms with Crippen LogP contribution in [0, 0.1) is 0 Å². The van der Waals surface area contributed by atoms with E-state index in [1.54, 1.807) is 0 Å². The molecule has 0 saturated carbocycles. The van der Waals surface area contributed by atoms with Crippen LogP contribution in [0.25, 0.3) is 84.9 Å². The van der Waals surface area contributed by atoms with Crippen molar-refractivity contribution in [3.8, 4) is 44.5 Å². The van der Waals surface area contributed by atoms with E-state index in [1.165, 1.54) is 84.9 Å². The van der Waals surface area contributed by atoms with Crippen LogP contribution in [0.3, 0.4) is 0 Å². The van der Waals surface area contributed by atoms with Gasteiger partial charge >= 0.3 is 0 Å². The Kier molecular flexibility index (Phi) is 8.28. The van der Waals surface area contributed by atoms with E-state index in [1.807, 2.05) is 22.7 Å². The number of rotatable bonds is 7. The molecule has 1 nitrogen and oxygen atoms in total. The first-order valence-electron chi connectivity index (χ1n) is 19.3. The second kappa shape index (κ2) is 14.1. The molecule has 0 spiro atoms. The van der Waals surface area contributed by atoms with Crippen molar-refractivity contribution in [1.82, 2.24) is 0 Å². The van der Waals surface area contributed by atoms with Crippen LogP contribution >= 0.6 is 22.7 Å². The minimum atomic E-state index is 1.11. The zero-order chi connectivity index (χ0) is 37.7. The number of benzene rings is 9. The van der Waals surface area contributed by atoms with Crippen LogP contribution in [0.5, 0.6) is 0 Å². The molecule has 0 radical (unpaired) electrons. The van der Waals surface area contributed by atoms with Gasteiger partial charge in [0.1, 0.15) is 0 Å². The summed E-state index contributed by atoms with van der Waals surface area (Å²) >= 11 is 3.82. The van der Waals surface area contributed by atoms with Gasteiger partial charge in [0.2, 0.25) is 0 Å². The first kappa shape index (κ1) is 33.5. The summed E-state index contributed by atoms with van der Waals surface area (Å²) in [5.74, 6) is 0. The molecule has 0 aliphatic carbocycles. The highest BCUT2D eigenvalue weighted by Gasteiger charge is 2.17. The number of hydrogen-bond acceptors (Lipinski definition) is 3. The van der Waals surface area contributed by atoms with Crippen molar-refractivity contribution in [2.75, 3.05) is 4.90 Å². The zero-order valence-electron chi connectivity index (χ0n) is 31.0. The molecule has 0 N–H and O–H groups in total. The third kappa shape index (κ3) is 6.00. The summed E-state index contributed by atoms with van der Waals surface area (Å²) < 4.78 is 5.42. The van der Waals surface area contributed by atoms with Crippen molar-refractivity contribution in [3.05, 3.63) is 212 Å². The Labute approximate surface area is 340 Å². The van der Waals surface area contributed by atoms with Gasteiger partial charge in [-0.3, -0.25) is 0 Å². The van der Waals surface area contributed by atoms with Crippen LogP contribution < -0.4 is 4.90 Å². The van der Waals surface area contributed by atoms with E-state index in [0.29, 0.717) is 0 Å². The molecule has 0 bridgehead atoms. The smallest absolute Gasteiger partial charge is 0.0467 e. The van der Waals surface area contributed by atoms with Crippen LogP contribution in [0.2, 0.25) is 0 Å². The third-order valence-electron chi connectivity index (χ3n) is 11.1. The summed E-state index contributed by atoms with van der Waals surface area (Å²) in [6, 6.07) is 77.3. The molecule has 0 aliphatic rings. The molecule has 2 aromatic heterocycles. The Bertz CT molecular complexity index is 3130. The lowest BCUT2D eigenvalue weighted by molar-refractivity contribution is 1.28. The molecule has 268 valence electrons. The van der Waals surface area contributed by atoms with Gasteiger partial charge in [-0.15, -0.1) is 22.7 Å². The number of thiophene rings is 2. The first-order valence-corrected chi connectivity index (χ1v) is 21.0. The molecule has 0 unspecified atom stereocenters. The van der Waals surface area contributed by atoms with E-state index in [0.717, 1.165) is 17.1 Å². The van der Waals surface area contributed by atoms with Gasteiger partial charge < -0.3 is 4.90 Å². The van der Waals surface area contributed by atoms with Gasteiger partial charge in [0.05, 0.1) is 0 Å². The zero-order valence-corrected chi connectivity index (χ0v) is 32.6. The van der Waals surface area contributed by atoms with Crippen molar-refractivity contribution >= 4 is 80.1 Å². The van der Waals surface area contributed by atoms with Gasteiger partial charge in [-0.05, 0) is 99.1 Å².